The van der Waals surface area contributed by atoms with Gasteiger partial charge >= 0.3 is 0 Å². The van der Waals surface area contributed by atoms with Crippen LogP contribution in [-0.2, 0) is 13.6 Å². The van der Waals surface area contributed by atoms with Gasteiger partial charge in [-0.1, -0.05) is 0 Å². The van der Waals surface area contributed by atoms with Crippen molar-refractivity contribution in [1.82, 2.24) is 25.1 Å². The fraction of sp³-hybridized carbons (Fsp3) is 0.429. The topological polar surface area (TPSA) is 75.9 Å². The van der Waals surface area contributed by atoms with E-state index < -0.39 is 0 Å². The van der Waals surface area contributed by atoms with Crippen molar-refractivity contribution in [1.29, 1.82) is 0 Å². The molecule has 7 heteroatoms. The van der Waals surface area contributed by atoms with Gasteiger partial charge in [0.1, 0.15) is 0 Å². The van der Waals surface area contributed by atoms with Crippen LogP contribution in [-0.4, -0.2) is 39.8 Å². The van der Waals surface area contributed by atoms with E-state index in [1.54, 1.807) is 22.7 Å². The van der Waals surface area contributed by atoms with E-state index in [1.807, 2.05) is 34.1 Å². The van der Waals surface area contributed by atoms with E-state index in [0.717, 1.165) is 11.4 Å². The van der Waals surface area contributed by atoms with E-state index in [9.17, 15) is 4.79 Å². The van der Waals surface area contributed by atoms with Crippen molar-refractivity contribution in [3.8, 4) is 0 Å². The SMILES string of the molecule is Cc1cc(CNC(=O)c2cnc(N(C)C)nc2C)n(C)n1. The second-order valence-corrected chi connectivity index (χ2v) is 5.15. The van der Waals surface area contributed by atoms with Gasteiger partial charge in [0.15, 0.2) is 0 Å². The predicted octanol–water partition coefficient (Wildman–Crippen LogP) is 0.823. The summed E-state index contributed by atoms with van der Waals surface area (Å²) in [4.78, 5) is 22.5. The second-order valence-electron chi connectivity index (χ2n) is 5.15. The number of nitrogens with one attached hydrogen (secondary N) is 1. The third kappa shape index (κ3) is 3.36. The maximum Gasteiger partial charge on any atom is 0.255 e. The van der Waals surface area contributed by atoms with Crippen LogP contribution >= 0.6 is 0 Å². The van der Waals surface area contributed by atoms with Gasteiger partial charge in [-0.15, -0.1) is 0 Å². The zero-order valence-corrected chi connectivity index (χ0v) is 13.0. The lowest BCUT2D eigenvalue weighted by Gasteiger charge is -2.12. The lowest BCUT2D eigenvalue weighted by molar-refractivity contribution is 0.0948. The molecule has 1 N–H and O–H groups in total. The Morgan fingerprint density at radius 3 is 2.62 bits per heavy atom. The second kappa shape index (κ2) is 5.90. The molecule has 0 aromatic carbocycles. The zero-order chi connectivity index (χ0) is 15.6. The third-order valence-electron chi connectivity index (χ3n) is 3.14. The summed E-state index contributed by atoms with van der Waals surface area (Å²) in [5, 5.41) is 7.11. The van der Waals surface area contributed by atoms with Crippen molar-refractivity contribution in [2.75, 3.05) is 19.0 Å². The van der Waals surface area contributed by atoms with Crippen LogP contribution in [0, 0.1) is 13.8 Å². The molecule has 0 saturated carbocycles. The van der Waals surface area contributed by atoms with Crippen molar-refractivity contribution in [2.45, 2.75) is 20.4 Å². The first kappa shape index (κ1) is 15.0. The summed E-state index contributed by atoms with van der Waals surface area (Å²) in [6.07, 6.45) is 1.56. The molecular weight excluding hydrogens is 268 g/mol. The highest BCUT2D eigenvalue weighted by Crippen LogP contribution is 2.09. The van der Waals surface area contributed by atoms with Crippen LogP contribution in [0.25, 0.3) is 0 Å². The Morgan fingerprint density at radius 2 is 2.10 bits per heavy atom. The molecule has 0 saturated heterocycles. The molecule has 0 atom stereocenters. The smallest absolute Gasteiger partial charge is 0.255 e. The molecule has 21 heavy (non-hydrogen) atoms. The number of carbonyl (C=O) groups excluding carboxylic acids is 1. The highest BCUT2D eigenvalue weighted by atomic mass is 16.1. The van der Waals surface area contributed by atoms with E-state index >= 15 is 0 Å². The predicted molar refractivity (Wildman–Crippen MR) is 80.2 cm³/mol. The number of hydrogen-bond donors (Lipinski definition) is 1. The summed E-state index contributed by atoms with van der Waals surface area (Å²) in [5.41, 5.74) is 3.02. The van der Waals surface area contributed by atoms with Gasteiger partial charge in [-0.05, 0) is 19.9 Å². The quantitative estimate of drug-likeness (QED) is 0.901. The van der Waals surface area contributed by atoms with Gasteiger partial charge < -0.3 is 10.2 Å². The van der Waals surface area contributed by atoms with E-state index in [2.05, 4.69) is 20.4 Å². The van der Waals surface area contributed by atoms with E-state index in [4.69, 9.17) is 0 Å². The number of nitrogens with zero attached hydrogens (tertiary/aromatic N) is 5. The lowest BCUT2D eigenvalue weighted by atomic mass is 10.2. The largest absolute Gasteiger partial charge is 0.347 e. The molecule has 0 aliphatic heterocycles. The van der Waals surface area contributed by atoms with Crippen molar-refractivity contribution >= 4 is 11.9 Å². The van der Waals surface area contributed by atoms with Crippen molar-refractivity contribution in [2.24, 2.45) is 7.05 Å². The summed E-state index contributed by atoms with van der Waals surface area (Å²) in [5.74, 6) is 0.406. The number of anilines is 1. The van der Waals surface area contributed by atoms with Crippen LogP contribution in [0.3, 0.4) is 0 Å². The molecule has 0 bridgehead atoms. The van der Waals surface area contributed by atoms with Gasteiger partial charge in [-0.2, -0.15) is 5.10 Å². The standard InChI is InChI=1S/C14H20N6O/c1-9-6-11(20(5)18-9)7-15-13(21)12-8-16-14(19(3)4)17-10(12)2/h6,8H,7H2,1-5H3,(H,15,21). The number of hydrogen-bond acceptors (Lipinski definition) is 5. The van der Waals surface area contributed by atoms with Crippen molar-refractivity contribution in [3.05, 3.63) is 34.9 Å². The molecule has 112 valence electrons. The third-order valence-corrected chi connectivity index (χ3v) is 3.14. The fourth-order valence-electron chi connectivity index (χ4n) is 1.99. The number of amides is 1. The highest BCUT2D eigenvalue weighted by molar-refractivity contribution is 5.94. The molecule has 7 nitrogen and oxygen atoms in total. The van der Waals surface area contributed by atoms with E-state index in [1.165, 1.54) is 0 Å². The molecular formula is C14H20N6O. The Labute approximate surface area is 124 Å². The van der Waals surface area contributed by atoms with Crippen molar-refractivity contribution in [3.63, 3.8) is 0 Å². The molecule has 2 rings (SSSR count). The molecule has 0 unspecified atom stereocenters. The van der Waals surface area contributed by atoms with Crippen LogP contribution in [0.1, 0.15) is 27.4 Å². The van der Waals surface area contributed by atoms with E-state index in [-0.39, 0.29) is 5.91 Å². The van der Waals surface area contributed by atoms with Crippen LogP contribution in [0.2, 0.25) is 0 Å². The summed E-state index contributed by atoms with van der Waals surface area (Å²) in [6.45, 7) is 4.14. The maximum atomic E-state index is 12.2. The van der Waals surface area contributed by atoms with Crippen LogP contribution in [0.4, 0.5) is 5.95 Å². The number of carbonyl (C=O) groups is 1. The number of rotatable bonds is 4. The summed E-state index contributed by atoms with van der Waals surface area (Å²) < 4.78 is 1.76. The molecule has 0 fully saturated rings. The van der Waals surface area contributed by atoms with Gasteiger partial charge in [0.2, 0.25) is 5.95 Å². The monoisotopic (exact) mass is 288 g/mol. The van der Waals surface area contributed by atoms with Crippen LogP contribution < -0.4 is 10.2 Å². The first-order chi connectivity index (χ1) is 9.88. The summed E-state index contributed by atoms with van der Waals surface area (Å²) in [7, 11) is 5.58. The van der Waals surface area contributed by atoms with Crippen molar-refractivity contribution < 1.29 is 4.79 Å². The molecule has 0 aliphatic rings. The molecule has 1 amide bonds. The van der Waals surface area contributed by atoms with Crippen LogP contribution in [0.15, 0.2) is 12.3 Å². The molecule has 2 aromatic heterocycles. The molecule has 0 aliphatic carbocycles. The lowest BCUT2D eigenvalue weighted by Crippen LogP contribution is -2.26. The van der Waals surface area contributed by atoms with Gasteiger partial charge in [-0.3, -0.25) is 9.48 Å². The van der Waals surface area contributed by atoms with Gasteiger partial charge in [0.05, 0.1) is 29.2 Å². The molecule has 2 aromatic rings. The first-order valence-electron chi connectivity index (χ1n) is 6.67. The zero-order valence-electron chi connectivity index (χ0n) is 13.0. The summed E-state index contributed by atoms with van der Waals surface area (Å²) in [6, 6.07) is 1.94. The van der Waals surface area contributed by atoms with Gasteiger partial charge in [0, 0.05) is 27.3 Å². The Kier molecular flexibility index (Phi) is 4.21. The minimum absolute atomic E-state index is 0.184. The molecule has 2 heterocycles. The number of aromatic nitrogens is 4. The Balaban J connectivity index is 2.08. The Morgan fingerprint density at radius 1 is 1.38 bits per heavy atom. The van der Waals surface area contributed by atoms with E-state index in [0.29, 0.717) is 23.8 Å². The fourth-order valence-corrected chi connectivity index (χ4v) is 1.99. The normalized spacial score (nSPS) is 10.5. The first-order valence-corrected chi connectivity index (χ1v) is 6.67. The highest BCUT2D eigenvalue weighted by Gasteiger charge is 2.13. The van der Waals surface area contributed by atoms with Crippen LogP contribution in [0.5, 0.6) is 0 Å². The van der Waals surface area contributed by atoms with Gasteiger partial charge in [0.25, 0.3) is 5.91 Å². The Bertz CT molecular complexity index is 661. The average molecular weight is 288 g/mol. The van der Waals surface area contributed by atoms with Gasteiger partial charge in [-0.25, -0.2) is 9.97 Å². The molecule has 0 spiro atoms. The Hall–Kier alpha value is -2.44. The minimum atomic E-state index is -0.184. The minimum Gasteiger partial charge on any atom is -0.347 e. The number of aryl methyl sites for hydroxylation is 3. The maximum absolute atomic E-state index is 12.2. The average Bonchev–Trinajstić information content (AvgIpc) is 2.74. The summed E-state index contributed by atoms with van der Waals surface area (Å²) >= 11 is 0. The molecule has 0 radical (unpaired) electrons.